The number of hydrogen-bond acceptors (Lipinski definition) is 3. The second-order valence-corrected chi connectivity index (χ2v) is 6.75. The lowest BCUT2D eigenvalue weighted by Crippen LogP contribution is -2.41. The summed E-state index contributed by atoms with van der Waals surface area (Å²) in [7, 11) is 0. The molecule has 0 saturated carbocycles. The maximum Gasteiger partial charge on any atom is 0.251 e. The van der Waals surface area contributed by atoms with E-state index in [1.54, 1.807) is 35.6 Å². The lowest BCUT2D eigenvalue weighted by atomic mass is 10.2. The van der Waals surface area contributed by atoms with E-state index < -0.39 is 0 Å². The van der Waals surface area contributed by atoms with Gasteiger partial charge in [-0.15, -0.1) is 11.3 Å². The molecule has 0 aliphatic rings. The van der Waals surface area contributed by atoms with Gasteiger partial charge in [0, 0.05) is 48.1 Å². The molecule has 0 bridgehead atoms. The summed E-state index contributed by atoms with van der Waals surface area (Å²) in [5.41, 5.74) is 0.598. The average Bonchev–Trinajstić information content (AvgIpc) is 3.12. The normalized spacial score (nSPS) is 11.2. The minimum Gasteiger partial charge on any atom is -0.357 e. The summed E-state index contributed by atoms with van der Waals surface area (Å²) in [4.78, 5) is 17.9. The Labute approximate surface area is 157 Å². The fourth-order valence-electron chi connectivity index (χ4n) is 2.13. The maximum atomic E-state index is 12.0. The van der Waals surface area contributed by atoms with Crippen LogP contribution in [0.25, 0.3) is 0 Å². The molecule has 1 aromatic heterocycles. The molecular formula is C18H23ClN4OS. The Bertz CT molecular complexity index is 671. The topological polar surface area (TPSA) is 65.5 Å². The van der Waals surface area contributed by atoms with Crippen LogP contribution in [-0.4, -0.2) is 38.0 Å². The lowest BCUT2D eigenvalue weighted by molar-refractivity contribution is 0.0954. The smallest absolute Gasteiger partial charge is 0.251 e. The van der Waals surface area contributed by atoms with Crippen LogP contribution in [-0.2, 0) is 6.42 Å². The van der Waals surface area contributed by atoms with E-state index in [1.807, 2.05) is 6.92 Å². The van der Waals surface area contributed by atoms with Crippen molar-refractivity contribution in [3.05, 3.63) is 57.2 Å². The summed E-state index contributed by atoms with van der Waals surface area (Å²) >= 11 is 7.57. The Morgan fingerprint density at radius 2 is 1.88 bits per heavy atom. The molecule has 0 aliphatic carbocycles. The molecule has 1 amide bonds. The summed E-state index contributed by atoms with van der Waals surface area (Å²) in [6.07, 6.45) is 0.932. The molecule has 25 heavy (non-hydrogen) atoms. The van der Waals surface area contributed by atoms with Gasteiger partial charge in [0.25, 0.3) is 5.91 Å². The van der Waals surface area contributed by atoms with Crippen molar-refractivity contribution in [3.8, 4) is 0 Å². The molecule has 7 heteroatoms. The molecular weight excluding hydrogens is 356 g/mol. The number of carbonyl (C=O) groups is 1. The number of benzene rings is 1. The van der Waals surface area contributed by atoms with Crippen molar-refractivity contribution in [3.63, 3.8) is 0 Å². The molecule has 0 unspecified atom stereocenters. The molecule has 2 aromatic rings. The molecule has 3 N–H and O–H groups in total. The largest absolute Gasteiger partial charge is 0.357 e. The van der Waals surface area contributed by atoms with Gasteiger partial charge < -0.3 is 16.0 Å². The van der Waals surface area contributed by atoms with E-state index in [9.17, 15) is 4.79 Å². The van der Waals surface area contributed by atoms with Gasteiger partial charge in [0.2, 0.25) is 0 Å². The van der Waals surface area contributed by atoms with Crippen LogP contribution >= 0.6 is 22.9 Å². The first-order chi connectivity index (χ1) is 12.2. The third kappa shape index (κ3) is 7.15. The number of carbonyl (C=O) groups excluding carboxylic acids is 1. The summed E-state index contributed by atoms with van der Waals surface area (Å²) < 4.78 is 0. The SMILES string of the molecule is CCNC(=NCCc1cccs1)NCCNC(=O)c1ccc(Cl)cc1. The Balaban J connectivity index is 1.71. The van der Waals surface area contributed by atoms with E-state index in [-0.39, 0.29) is 5.91 Å². The molecule has 1 aromatic carbocycles. The van der Waals surface area contributed by atoms with Gasteiger partial charge in [0.1, 0.15) is 0 Å². The minimum atomic E-state index is -0.113. The van der Waals surface area contributed by atoms with Gasteiger partial charge in [-0.05, 0) is 42.6 Å². The number of thiophene rings is 1. The van der Waals surface area contributed by atoms with Crippen molar-refractivity contribution in [1.29, 1.82) is 0 Å². The van der Waals surface area contributed by atoms with Gasteiger partial charge >= 0.3 is 0 Å². The van der Waals surface area contributed by atoms with E-state index >= 15 is 0 Å². The van der Waals surface area contributed by atoms with Gasteiger partial charge in [-0.3, -0.25) is 9.79 Å². The average molecular weight is 379 g/mol. The van der Waals surface area contributed by atoms with E-state index in [0.29, 0.717) is 23.7 Å². The molecule has 1 heterocycles. The number of rotatable bonds is 8. The molecule has 2 rings (SSSR count). The number of amides is 1. The highest BCUT2D eigenvalue weighted by Gasteiger charge is 2.04. The standard InChI is InChI=1S/C18H23ClN4OS/c1-2-20-18(22-10-9-16-4-3-13-25-16)23-12-11-21-17(24)14-5-7-15(19)8-6-14/h3-8,13H,2,9-12H2,1H3,(H,21,24)(H2,20,22,23). The fraction of sp³-hybridized carbons (Fsp3) is 0.333. The Kier molecular flexibility index (Phi) is 8.28. The molecule has 0 fully saturated rings. The summed E-state index contributed by atoms with van der Waals surface area (Å²) in [6.45, 7) is 4.66. The van der Waals surface area contributed by atoms with Crippen molar-refractivity contribution in [2.75, 3.05) is 26.2 Å². The zero-order valence-electron chi connectivity index (χ0n) is 14.2. The monoisotopic (exact) mass is 378 g/mol. The molecule has 0 spiro atoms. The summed E-state index contributed by atoms with van der Waals surface area (Å²) in [6, 6.07) is 11.0. The predicted molar refractivity (Wildman–Crippen MR) is 106 cm³/mol. The van der Waals surface area contributed by atoms with E-state index in [4.69, 9.17) is 11.6 Å². The Hall–Kier alpha value is -2.05. The van der Waals surface area contributed by atoms with Gasteiger partial charge in [-0.25, -0.2) is 0 Å². The first-order valence-corrected chi connectivity index (χ1v) is 9.53. The number of guanidine groups is 1. The molecule has 5 nitrogen and oxygen atoms in total. The highest BCUT2D eigenvalue weighted by molar-refractivity contribution is 7.09. The molecule has 0 saturated heterocycles. The van der Waals surface area contributed by atoms with Gasteiger partial charge in [-0.1, -0.05) is 17.7 Å². The summed E-state index contributed by atoms with van der Waals surface area (Å²) in [5, 5.41) is 12.0. The van der Waals surface area contributed by atoms with Crippen LogP contribution in [0, 0.1) is 0 Å². The minimum absolute atomic E-state index is 0.113. The van der Waals surface area contributed by atoms with Crippen LogP contribution in [0.15, 0.2) is 46.8 Å². The van der Waals surface area contributed by atoms with Gasteiger partial charge in [0.05, 0.1) is 0 Å². The zero-order valence-corrected chi connectivity index (χ0v) is 15.8. The van der Waals surface area contributed by atoms with Crippen molar-refractivity contribution in [2.24, 2.45) is 4.99 Å². The highest BCUT2D eigenvalue weighted by atomic mass is 35.5. The number of aliphatic imine (C=N–C) groups is 1. The molecule has 0 atom stereocenters. The van der Waals surface area contributed by atoms with Crippen molar-refractivity contribution >= 4 is 34.8 Å². The Morgan fingerprint density at radius 3 is 2.56 bits per heavy atom. The number of nitrogens with zero attached hydrogens (tertiary/aromatic N) is 1. The van der Waals surface area contributed by atoms with Crippen molar-refractivity contribution < 1.29 is 4.79 Å². The van der Waals surface area contributed by atoms with Crippen LogP contribution in [0.5, 0.6) is 0 Å². The lowest BCUT2D eigenvalue weighted by Gasteiger charge is -2.12. The van der Waals surface area contributed by atoms with E-state index in [0.717, 1.165) is 25.5 Å². The van der Waals surface area contributed by atoms with E-state index in [2.05, 4.69) is 38.5 Å². The maximum absolute atomic E-state index is 12.0. The van der Waals surface area contributed by atoms with Gasteiger partial charge in [0.15, 0.2) is 5.96 Å². The van der Waals surface area contributed by atoms with Crippen LogP contribution in [0.1, 0.15) is 22.2 Å². The quantitative estimate of drug-likeness (QED) is 0.376. The molecule has 0 aliphatic heterocycles. The molecule has 0 radical (unpaired) electrons. The van der Waals surface area contributed by atoms with Gasteiger partial charge in [-0.2, -0.15) is 0 Å². The van der Waals surface area contributed by atoms with Crippen LogP contribution < -0.4 is 16.0 Å². The first kappa shape index (κ1) is 19.3. The fourth-order valence-corrected chi connectivity index (χ4v) is 2.96. The second-order valence-electron chi connectivity index (χ2n) is 5.28. The zero-order chi connectivity index (χ0) is 17.9. The van der Waals surface area contributed by atoms with Crippen LogP contribution in [0.4, 0.5) is 0 Å². The Morgan fingerprint density at radius 1 is 1.12 bits per heavy atom. The van der Waals surface area contributed by atoms with Crippen LogP contribution in [0.2, 0.25) is 5.02 Å². The van der Waals surface area contributed by atoms with Crippen molar-refractivity contribution in [1.82, 2.24) is 16.0 Å². The third-order valence-corrected chi connectivity index (χ3v) is 4.55. The summed E-state index contributed by atoms with van der Waals surface area (Å²) in [5.74, 6) is 0.651. The number of hydrogen-bond donors (Lipinski definition) is 3. The third-order valence-electron chi connectivity index (χ3n) is 3.36. The number of halogens is 1. The first-order valence-electron chi connectivity index (χ1n) is 8.27. The highest BCUT2D eigenvalue weighted by Crippen LogP contribution is 2.09. The predicted octanol–water partition coefficient (Wildman–Crippen LogP) is 2.93. The molecule has 134 valence electrons. The van der Waals surface area contributed by atoms with Crippen LogP contribution in [0.3, 0.4) is 0 Å². The number of nitrogens with one attached hydrogen (secondary N) is 3. The van der Waals surface area contributed by atoms with E-state index in [1.165, 1.54) is 4.88 Å². The second kappa shape index (κ2) is 10.7. The van der Waals surface area contributed by atoms with Crippen molar-refractivity contribution in [2.45, 2.75) is 13.3 Å².